The van der Waals surface area contributed by atoms with Gasteiger partial charge in [0.15, 0.2) is 0 Å². The molecule has 41 heavy (non-hydrogen) atoms. The van der Waals surface area contributed by atoms with E-state index in [-0.39, 0.29) is 30.3 Å². The summed E-state index contributed by atoms with van der Waals surface area (Å²) in [5.41, 5.74) is 1.97. The fourth-order valence-electron chi connectivity index (χ4n) is 6.32. The van der Waals surface area contributed by atoms with Crippen LogP contribution in [0.25, 0.3) is 10.9 Å². The zero-order valence-corrected chi connectivity index (χ0v) is 22.5. The first-order valence-corrected chi connectivity index (χ1v) is 13.5. The highest BCUT2D eigenvalue weighted by Crippen LogP contribution is 2.49. The van der Waals surface area contributed by atoms with Gasteiger partial charge in [-0.1, -0.05) is 24.3 Å². The number of fused-ring (bicyclic) bond motifs is 4. The van der Waals surface area contributed by atoms with Crippen LogP contribution in [0.3, 0.4) is 0 Å². The third-order valence-electron chi connectivity index (χ3n) is 8.41. The molecule has 3 heterocycles. The smallest absolute Gasteiger partial charge is 0.322 e. The molecule has 1 spiro atoms. The molecule has 0 radical (unpaired) electrons. The maximum Gasteiger partial charge on any atom is 0.322 e. The van der Waals surface area contributed by atoms with Gasteiger partial charge in [-0.3, -0.25) is 4.79 Å². The number of benzene rings is 3. The van der Waals surface area contributed by atoms with Crippen LogP contribution in [0.4, 0.5) is 19.3 Å². The van der Waals surface area contributed by atoms with Gasteiger partial charge in [0.2, 0.25) is 0 Å². The van der Waals surface area contributed by atoms with Gasteiger partial charge in [0.1, 0.15) is 17.4 Å². The Morgan fingerprint density at radius 3 is 2.44 bits per heavy atom. The SMILES string of the molecule is COc1ccc2c3c([nH]c2c1)[C@H](CO)N(C(=O)Nc1ccccc1F)CC31CCN(C(=O)c2ccccc2F)CC1. The van der Waals surface area contributed by atoms with E-state index < -0.39 is 29.1 Å². The third-order valence-corrected chi connectivity index (χ3v) is 8.41. The van der Waals surface area contributed by atoms with Gasteiger partial charge in [-0.25, -0.2) is 13.6 Å². The predicted octanol–water partition coefficient (Wildman–Crippen LogP) is 5.21. The van der Waals surface area contributed by atoms with E-state index in [2.05, 4.69) is 10.3 Å². The number of hydrogen-bond donors (Lipinski definition) is 3. The molecule has 3 aromatic carbocycles. The average molecular weight is 561 g/mol. The number of ether oxygens (including phenoxy) is 1. The molecule has 212 valence electrons. The zero-order valence-electron chi connectivity index (χ0n) is 22.5. The normalized spacial score (nSPS) is 17.9. The number of H-pyrrole nitrogens is 1. The first-order valence-electron chi connectivity index (χ1n) is 13.5. The lowest BCUT2D eigenvalue weighted by Gasteiger charge is -2.50. The second-order valence-corrected chi connectivity index (χ2v) is 10.6. The van der Waals surface area contributed by atoms with Crippen LogP contribution in [0.5, 0.6) is 5.75 Å². The van der Waals surface area contributed by atoms with Crippen LogP contribution in [-0.4, -0.2) is 65.2 Å². The van der Waals surface area contributed by atoms with Gasteiger partial charge in [-0.2, -0.15) is 0 Å². The Hall–Kier alpha value is -4.44. The number of likely N-dealkylation sites (tertiary alicyclic amines) is 1. The molecule has 0 aliphatic carbocycles. The monoisotopic (exact) mass is 560 g/mol. The fourth-order valence-corrected chi connectivity index (χ4v) is 6.32. The van der Waals surface area contributed by atoms with Crippen molar-refractivity contribution in [3.63, 3.8) is 0 Å². The molecule has 2 aliphatic rings. The van der Waals surface area contributed by atoms with Crippen molar-refractivity contribution in [3.05, 3.63) is 95.2 Å². The standard InChI is InChI=1S/C31H30F2N4O4/c1-41-19-10-11-21-25(16-19)34-28-26(17-38)37(30(40)35-24-9-5-4-8-23(24)33)18-31(27(21)28)12-14-36(15-13-31)29(39)20-6-2-3-7-22(20)32/h2-11,16,26,34,38H,12-15,17-18H2,1H3,(H,35,40)/t26-/m0/s1. The maximum absolute atomic E-state index is 14.4. The molecule has 10 heteroatoms. The van der Waals surface area contributed by atoms with E-state index in [1.54, 1.807) is 36.3 Å². The zero-order chi connectivity index (χ0) is 28.7. The third kappa shape index (κ3) is 4.58. The summed E-state index contributed by atoms with van der Waals surface area (Å²) in [5.74, 6) is -0.846. The van der Waals surface area contributed by atoms with Crippen molar-refractivity contribution in [2.24, 2.45) is 0 Å². The minimum atomic E-state index is -0.709. The quantitative estimate of drug-likeness (QED) is 0.319. The number of para-hydroxylation sites is 1. The van der Waals surface area contributed by atoms with Gasteiger partial charge >= 0.3 is 6.03 Å². The molecule has 3 N–H and O–H groups in total. The number of urea groups is 1. The van der Waals surface area contributed by atoms with E-state index >= 15 is 0 Å². The molecule has 3 amide bonds. The van der Waals surface area contributed by atoms with Crippen molar-refractivity contribution >= 4 is 28.5 Å². The second-order valence-electron chi connectivity index (χ2n) is 10.6. The number of amides is 3. The van der Waals surface area contributed by atoms with E-state index in [4.69, 9.17) is 4.74 Å². The van der Waals surface area contributed by atoms with Crippen LogP contribution in [0.15, 0.2) is 66.7 Å². The van der Waals surface area contributed by atoms with Crippen LogP contribution in [0.1, 0.15) is 40.5 Å². The number of carbonyl (C=O) groups excluding carboxylic acids is 2. The summed E-state index contributed by atoms with van der Waals surface area (Å²) in [7, 11) is 1.58. The summed E-state index contributed by atoms with van der Waals surface area (Å²) in [6.45, 7) is 0.589. The first kappa shape index (κ1) is 26.8. The molecular weight excluding hydrogens is 530 g/mol. The summed E-state index contributed by atoms with van der Waals surface area (Å²) in [5, 5.41) is 14.1. The predicted molar refractivity (Wildman–Crippen MR) is 150 cm³/mol. The molecule has 1 aromatic heterocycles. The molecule has 0 bridgehead atoms. The Kier molecular flexibility index (Phi) is 6.86. The summed E-state index contributed by atoms with van der Waals surface area (Å²) in [4.78, 5) is 33.4. The largest absolute Gasteiger partial charge is 0.497 e. The summed E-state index contributed by atoms with van der Waals surface area (Å²) < 4.78 is 34.2. The highest BCUT2D eigenvalue weighted by Gasteiger charge is 2.49. The van der Waals surface area contributed by atoms with Crippen molar-refractivity contribution in [1.82, 2.24) is 14.8 Å². The molecule has 1 saturated heterocycles. The summed E-state index contributed by atoms with van der Waals surface area (Å²) >= 11 is 0. The number of aromatic amines is 1. The van der Waals surface area contributed by atoms with Crippen molar-refractivity contribution < 1.29 is 28.2 Å². The van der Waals surface area contributed by atoms with E-state index in [0.29, 0.717) is 37.4 Å². The van der Waals surface area contributed by atoms with Crippen LogP contribution >= 0.6 is 0 Å². The van der Waals surface area contributed by atoms with E-state index in [0.717, 1.165) is 16.5 Å². The van der Waals surface area contributed by atoms with Gasteiger partial charge in [0, 0.05) is 47.7 Å². The van der Waals surface area contributed by atoms with Crippen LogP contribution in [0.2, 0.25) is 0 Å². The lowest BCUT2D eigenvalue weighted by Crippen LogP contribution is -2.56. The molecule has 1 atom stereocenters. The topological polar surface area (TPSA) is 97.9 Å². The summed E-state index contributed by atoms with van der Waals surface area (Å²) in [6, 6.07) is 16.3. The molecule has 1 fully saturated rings. The number of methoxy groups -OCH3 is 1. The minimum absolute atomic E-state index is 0.0261. The Balaban J connectivity index is 1.39. The molecule has 0 saturated carbocycles. The number of hydrogen-bond acceptors (Lipinski definition) is 4. The highest BCUT2D eigenvalue weighted by atomic mass is 19.1. The van der Waals surface area contributed by atoms with Gasteiger partial charge in [0.25, 0.3) is 5.91 Å². The highest BCUT2D eigenvalue weighted by molar-refractivity contribution is 5.95. The number of anilines is 1. The number of halogens is 2. The minimum Gasteiger partial charge on any atom is -0.497 e. The summed E-state index contributed by atoms with van der Waals surface area (Å²) in [6.07, 6.45) is 1.00. The van der Waals surface area contributed by atoms with Crippen LogP contribution in [-0.2, 0) is 5.41 Å². The van der Waals surface area contributed by atoms with Crippen molar-refractivity contribution in [2.75, 3.05) is 38.7 Å². The van der Waals surface area contributed by atoms with Gasteiger partial charge < -0.3 is 29.9 Å². The lowest BCUT2D eigenvalue weighted by molar-refractivity contribution is 0.0540. The van der Waals surface area contributed by atoms with Gasteiger partial charge in [-0.15, -0.1) is 0 Å². The lowest BCUT2D eigenvalue weighted by atomic mass is 9.68. The van der Waals surface area contributed by atoms with Crippen molar-refractivity contribution in [1.29, 1.82) is 0 Å². The van der Waals surface area contributed by atoms with Crippen molar-refractivity contribution in [3.8, 4) is 5.75 Å². The first-order chi connectivity index (χ1) is 19.8. The molecule has 2 aliphatic heterocycles. The average Bonchev–Trinajstić information content (AvgIpc) is 3.38. The molecule has 4 aromatic rings. The van der Waals surface area contributed by atoms with Gasteiger partial charge in [-0.05, 0) is 54.8 Å². The Morgan fingerprint density at radius 2 is 1.76 bits per heavy atom. The number of aliphatic hydroxyl groups is 1. The number of piperidine rings is 1. The van der Waals surface area contributed by atoms with E-state index in [1.165, 1.54) is 29.2 Å². The second kappa shape index (κ2) is 10.5. The Labute approximate surface area is 235 Å². The molecule has 6 rings (SSSR count). The van der Waals surface area contributed by atoms with E-state index in [1.807, 2.05) is 18.2 Å². The molecule has 0 unspecified atom stereocenters. The number of carbonyl (C=O) groups is 2. The Morgan fingerprint density at radius 1 is 1.05 bits per heavy atom. The maximum atomic E-state index is 14.4. The van der Waals surface area contributed by atoms with E-state index in [9.17, 15) is 23.5 Å². The number of nitrogens with one attached hydrogen (secondary N) is 2. The Bertz CT molecular complexity index is 1630. The van der Waals surface area contributed by atoms with Crippen molar-refractivity contribution in [2.45, 2.75) is 24.3 Å². The molecular formula is C31H30F2N4O4. The number of aromatic nitrogens is 1. The van der Waals surface area contributed by atoms with Crippen LogP contribution in [0, 0.1) is 11.6 Å². The number of nitrogens with zero attached hydrogens (tertiary/aromatic N) is 2. The van der Waals surface area contributed by atoms with Gasteiger partial charge in [0.05, 0.1) is 31.0 Å². The number of aliphatic hydroxyl groups excluding tert-OH is 1. The number of rotatable bonds is 4. The fraction of sp³-hybridized carbons (Fsp3) is 0.290. The molecule has 8 nitrogen and oxygen atoms in total. The van der Waals surface area contributed by atoms with Crippen LogP contribution < -0.4 is 10.1 Å².